The summed E-state index contributed by atoms with van der Waals surface area (Å²) in [6, 6.07) is 8.45. The zero-order valence-electron chi connectivity index (χ0n) is 14.7. The molecule has 0 radical (unpaired) electrons. The molecule has 0 saturated carbocycles. The van der Waals surface area contributed by atoms with Crippen LogP contribution in [0.15, 0.2) is 29.4 Å². The SMILES string of the molecule is Cc1ccc2c(c1)cc(C)c1nnc(SCC(=O)NC(C)(C)C)n12. The lowest BCUT2D eigenvalue weighted by molar-refractivity contribution is -0.119. The van der Waals surface area contributed by atoms with Gasteiger partial charge in [0.1, 0.15) is 0 Å². The third-order valence-electron chi connectivity index (χ3n) is 3.63. The maximum atomic E-state index is 12.1. The van der Waals surface area contributed by atoms with Crippen molar-refractivity contribution in [1.82, 2.24) is 19.9 Å². The summed E-state index contributed by atoms with van der Waals surface area (Å²) in [5, 5.41) is 13.5. The molecule has 0 fully saturated rings. The Balaban J connectivity index is 1.97. The van der Waals surface area contributed by atoms with E-state index >= 15 is 0 Å². The van der Waals surface area contributed by atoms with Crippen LogP contribution in [0.1, 0.15) is 31.9 Å². The van der Waals surface area contributed by atoms with Crippen molar-refractivity contribution in [3.05, 3.63) is 35.4 Å². The fraction of sp³-hybridized carbons (Fsp3) is 0.389. The second-order valence-electron chi connectivity index (χ2n) is 7.12. The molecule has 3 rings (SSSR count). The molecule has 0 unspecified atom stereocenters. The number of hydrogen-bond acceptors (Lipinski definition) is 4. The van der Waals surface area contributed by atoms with Crippen molar-refractivity contribution in [2.24, 2.45) is 0 Å². The second-order valence-corrected chi connectivity index (χ2v) is 8.06. The van der Waals surface area contributed by atoms with Crippen LogP contribution in [0, 0.1) is 13.8 Å². The summed E-state index contributed by atoms with van der Waals surface area (Å²) in [5.41, 5.74) is 3.96. The normalized spacial score (nSPS) is 12.0. The summed E-state index contributed by atoms with van der Waals surface area (Å²) >= 11 is 1.41. The number of fused-ring (bicyclic) bond motifs is 3. The first-order valence-corrected chi connectivity index (χ1v) is 8.92. The number of carbonyl (C=O) groups excluding carboxylic acids is 1. The summed E-state index contributed by atoms with van der Waals surface area (Å²) in [6.07, 6.45) is 0. The van der Waals surface area contributed by atoms with Crippen LogP contribution in [0.2, 0.25) is 0 Å². The molecule has 126 valence electrons. The van der Waals surface area contributed by atoms with Crippen LogP contribution in [0.4, 0.5) is 0 Å². The predicted octanol–water partition coefficient (Wildman–Crippen LogP) is 3.51. The first-order valence-electron chi connectivity index (χ1n) is 7.93. The van der Waals surface area contributed by atoms with Crippen molar-refractivity contribution in [3.8, 4) is 0 Å². The number of aryl methyl sites for hydroxylation is 2. The van der Waals surface area contributed by atoms with Gasteiger partial charge < -0.3 is 5.32 Å². The smallest absolute Gasteiger partial charge is 0.230 e. The van der Waals surface area contributed by atoms with E-state index in [1.807, 2.05) is 32.1 Å². The third kappa shape index (κ3) is 3.38. The van der Waals surface area contributed by atoms with E-state index in [1.54, 1.807) is 0 Å². The van der Waals surface area contributed by atoms with Gasteiger partial charge in [-0.25, -0.2) is 0 Å². The molecule has 0 bridgehead atoms. The van der Waals surface area contributed by atoms with Crippen LogP contribution in [-0.2, 0) is 4.79 Å². The summed E-state index contributed by atoms with van der Waals surface area (Å²) in [7, 11) is 0. The lowest BCUT2D eigenvalue weighted by Gasteiger charge is -2.20. The van der Waals surface area contributed by atoms with E-state index in [2.05, 4.69) is 46.7 Å². The van der Waals surface area contributed by atoms with Crippen LogP contribution in [0.5, 0.6) is 0 Å². The quantitative estimate of drug-likeness (QED) is 0.740. The molecule has 1 N–H and O–H groups in total. The second kappa shape index (κ2) is 6.09. The van der Waals surface area contributed by atoms with Gasteiger partial charge in [0.05, 0.1) is 11.3 Å². The fourth-order valence-corrected chi connectivity index (χ4v) is 3.46. The topological polar surface area (TPSA) is 59.3 Å². The Hall–Kier alpha value is -2.08. The molecule has 2 aromatic heterocycles. The van der Waals surface area contributed by atoms with Gasteiger partial charge in [-0.1, -0.05) is 23.4 Å². The molecule has 3 aromatic rings. The van der Waals surface area contributed by atoms with E-state index in [-0.39, 0.29) is 11.4 Å². The van der Waals surface area contributed by atoms with Gasteiger partial charge in [-0.15, -0.1) is 10.2 Å². The zero-order valence-corrected chi connectivity index (χ0v) is 15.5. The molecule has 1 amide bonds. The number of thioether (sulfide) groups is 1. The molecule has 6 heteroatoms. The summed E-state index contributed by atoms with van der Waals surface area (Å²) in [5.74, 6) is 0.316. The number of rotatable bonds is 3. The minimum absolute atomic E-state index is 0.00273. The Kier molecular flexibility index (Phi) is 4.25. The number of amides is 1. The Morgan fingerprint density at radius 3 is 2.67 bits per heavy atom. The number of carbonyl (C=O) groups is 1. The molecule has 0 atom stereocenters. The van der Waals surface area contributed by atoms with Crippen molar-refractivity contribution in [1.29, 1.82) is 0 Å². The van der Waals surface area contributed by atoms with E-state index in [9.17, 15) is 4.79 Å². The number of nitrogens with one attached hydrogen (secondary N) is 1. The van der Waals surface area contributed by atoms with Crippen LogP contribution in [-0.4, -0.2) is 31.8 Å². The average Bonchev–Trinajstić information content (AvgIpc) is 2.88. The molecular weight excluding hydrogens is 320 g/mol. The molecule has 0 aliphatic heterocycles. The first kappa shape index (κ1) is 16.8. The van der Waals surface area contributed by atoms with Crippen molar-refractivity contribution < 1.29 is 4.79 Å². The van der Waals surface area contributed by atoms with Crippen molar-refractivity contribution in [3.63, 3.8) is 0 Å². The van der Waals surface area contributed by atoms with Crippen LogP contribution in [0.25, 0.3) is 16.6 Å². The minimum Gasteiger partial charge on any atom is -0.351 e. The minimum atomic E-state index is -0.231. The van der Waals surface area contributed by atoms with E-state index in [0.717, 1.165) is 27.3 Å². The van der Waals surface area contributed by atoms with E-state index in [1.165, 1.54) is 17.3 Å². The number of benzene rings is 1. The molecule has 2 heterocycles. The van der Waals surface area contributed by atoms with Gasteiger partial charge in [-0.05, 0) is 63.8 Å². The van der Waals surface area contributed by atoms with Gasteiger partial charge in [-0.3, -0.25) is 9.20 Å². The van der Waals surface area contributed by atoms with E-state index in [0.29, 0.717) is 5.75 Å². The van der Waals surface area contributed by atoms with Crippen LogP contribution >= 0.6 is 11.8 Å². The van der Waals surface area contributed by atoms with E-state index in [4.69, 9.17) is 0 Å². The van der Waals surface area contributed by atoms with Gasteiger partial charge in [0.2, 0.25) is 5.91 Å². The Bertz CT molecular complexity index is 924. The highest BCUT2D eigenvalue weighted by Gasteiger charge is 2.17. The summed E-state index contributed by atoms with van der Waals surface area (Å²) in [4.78, 5) is 12.1. The lowest BCUT2D eigenvalue weighted by atomic mass is 10.1. The van der Waals surface area contributed by atoms with Crippen LogP contribution in [0.3, 0.4) is 0 Å². The van der Waals surface area contributed by atoms with Gasteiger partial charge in [0.15, 0.2) is 10.8 Å². The Morgan fingerprint density at radius 2 is 1.96 bits per heavy atom. The predicted molar refractivity (Wildman–Crippen MR) is 98.6 cm³/mol. The van der Waals surface area contributed by atoms with E-state index < -0.39 is 0 Å². The molecule has 0 aliphatic rings. The van der Waals surface area contributed by atoms with Gasteiger partial charge >= 0.3 is 0 Å². The van der Waals surface area contributed by atoms with Crippen molar-refractivity contribution in [2.75, 3.05) is 5.75 Å². The largest absolute Gasteiger partial charge is 0.351 e. The zero-order chi connectivity index (χ0) is 17.5. The standard InChI is InChI=1S/C18H22N4OS/c1-11-6-7-14-13(8-11)9-12(2)16-20-21-17(22(14)16)24-10-15(23)19-18(3,4)5/h6-9H,10H2,1-5H3,(H,19,23). The highest BCUT2D eigenvalue weighted by Crippen LogP contribution is 2.26. The lowest BCUT2D eigenvalue weighted by Crippen LogP contribution is -2.41. The number of aromatic nitrogens is 3. The molecule has 5 nitrogen and oxygen atoms in total. The first-order chi connectivity index (χ1) is 11.2. The van der Waals surface area contributed by atoms with Crippen molar-refractivity contribution in [2.45, 2.75) is 45.3 Å². The molecule has 0 aliphatic carbocycles. The van der Waals surface area contributed by atoms with Crippen LogP contribution < -0.4 is 5.32 Å². The average molecular weight is 342 g/mol. The number of nitrogens with zero attached hydrogens (tertiary/aromatic N) is 3. The Morgan fingerprint density at radius 1 is 1.21 bits per heavy atom. The monoisotopic (exact) mass is 342 g/mol. The van der Waals surface area contributed by atoms with Gasteiger partial charge in [0, 0.05) is 5.54 Å². The molecule has 0 saturated heterocycles. The highest BCUT2D eigenvalue weighted by atomic mass is 32.2. The van der Waals surface area contributed by atoms with Gasteiger partial charge in [0.25, 0.3) is 0 Å². The summed E-state index contributed by atoms with van der Waals surface area (Å²) < 4.78 is 2.04. The van der Waals surface area contributed by atoms with Gasteiger partial charge in [-0.2, -0.15) is 0 Å². The summed E-state index contributed by atoms with van der Waals surface area (Å²) in [6.45, 7) is 10.0. The molecular formula is C18H22N4OS. The molecule has 1 aromatic carbocycles. The molecule has 0 spiro atoms. The third-order valence-corrected chi connectivity index (χ3v) is 4.56. The van der Waals surface area contributed by atoms with Crippen molar-refractivity contribution >= 4 is 34.2 Å². The fourth-order valence-electron chi connectivity index (χ4n) is 2.71. The maximum absolute atomic E-state index is 12.1. The Labute approximate surface area is 145 Å². The highest BCUT2D eigenvalue weighted by molar-refractivity contribution is 7.99. The number of pyridine rings is 1. The maximum Gasteiger partial charge on any atom is 0.230 e. The molecule has 24 heavy (non-hydrogen) atoms. The number of hydrogen-bond donors (Lipinski definition) is 1.